The van der Waals surface area contributed by atoms with Crippen LogP contribution < -0.4 is 11.1 Å². The minimum atomic E-state index is -0.554. The van der Waals surface area contributed by atoms with Gasteiger partial charge in [0.05, 0.1) is 22.8 Å². The molecule has 0 saturated carbocycles. The minimum Gasteiger partial charge on any atom is -0.494 e. The van der Waals surface area contributed by atoms with Gasteiger partial charge in [-0.2, -0.15) is 0 Å². The lowest BCUT2D eigenvalue weighted by Gasteiger charge is -2.16. The van der Waals surface area contributed by atoms with Crippen LogP contribution in [0.2, 0.25) is 0 Å². The van der Waals surface area contributed by atoms with Gasteiger partial charge in [-0.15, -0.1) is 0 Å². The second-order valence-electron chi connectivity index (χ2n) is 8.34. The predicted octanol–water partition coefficient (Wildman–Crippen LogP) is 4.61. The highest BCUT2D eigenvalue weighted by Gasteiger charge is 2.20. The van der Waals surface area contributed by atoms with E-state index < -0.39 is 5.56 Å². The van der Waals surface area contributed by atoms with Gasteiger partial charge in [0.15, 0.2) is 10.5 Å². The van der Waals surface area contributed by atoms with Crippen molar-refractivity contribution >= 4 is 24.1 Å². The van der Waals surface area contributed by atoms with Crippen LogP contribution in [0, 0.1) is 11.7 Å². The first-order valence-corrected chi connectivity index (χ1v) is 11.9. The molecule has 3 aromatic carbocycles. The van der Waals surface area contributed by atoms with Crippen molar-refractivity contribution in [2.75, 3.05) is 0 Å². The number of hydrogen-bond acceptors (Lipinski definition) is 5. The van der Waals surface area contributed by atoms with Crippen LogP contribution in [-0.2, 0) is 7.05 Å². The molecule has 5 rings (SSSR count). The van der Waals surface area contributed by atoms with E-state index in [0.717, 1.165) is 0 Å². The van der Waals surface area contributed by atoms with Crippen molar-refractivity contribution in [3.8, 4) is 22.9 Å². The third-order valence-corrected chi connectivity index (χ3v) is 6.51. The molecule has 5 aromatic rings. The Kier molecular flexibility index (Phi) is 6.29. The number of para-hydroxylation sites is 3. The molecule has 1 N–H and O–H groups in total. The van der Waals surface area contributed by atoms with Gasteiger partial charge in [-0.1, -0.05) is 54.6 Å². The molecule has 8 nitrogen and oxygen atoms in total. The van der Waals surface area contributed by atoms with E-state index in [-0.39, 0.29) is 27.5 Å². The highest BCUT2D eigenvalue weighted by atomic mass is 32.1. The summed E-state index contributed by atoms with van der Waals surface area (Å²) in [5.41, 5.74) is 1.56. The van der Waals surface area contributed by atoms with Crippen LogP contribution in [0.25, 0.3) is 17.1 Å². The quantitative estimate of drug-likeness (QED) is 0.277. The van der Waals surface area contributed by atoms with Crippen molar-refractivity contribution in [2.45, 2.75) is 6.92 Å². The van der Waals surface area contributed by atoms with Crippen LogP contribution in [0.3, 0.4) is 0 Å². The van der Waals surface area contributed by atoms with Crippen LogP contribution in [0.4, 0.5) is 5.69 Å². The van der Waals surface area contributed by atoms with Crippen molar-refractivity contribution in [3.63, 3.8) is 0 Å². The predicted molar refractivity (Wildman–Crippen MR) is 147 cm³/mol. The van der Waals surface area contributed by atoms with Crippen molar-refractivity contribution in [3.05, 3.63) is 128 Å². The molecule has 2 heterocycles. The lowest BCUT2D eigenvalue weighted by molar-refractivity contribution is 0.430. The van der Waals surface area contributed by atoms with Gasteiger partial charge < -0.3 is 5.11 Å². The number of aliphatic imine (C=N–C) groups is 1. The van der Waals surface area contributed by atoms with Gasteiger partial charge in [0.25, 0.3) is 11.1 Å². The average molecular weight is 510 g/mol. The molecule has 0 unspecified atom stereocenters. The fourth-order valence-corrected chi connectivity index (χ4v) is 4.55. The van der Waals surface area contributed by atoms with E-state index in [0.29, 0.717) is 22.8 Å². The Balaban J connectivity index is 1.75. The highest BCUT2D eigenvalue weighted by molar-refractivity contribution is 7.71. The summed E-state index contributed by atoms with van der Waals surface area (Å²) in [6, 6.07) is 27.1. The second-order valence-corrected chi connectivity index (χ2v) is 8.70. The fraction of sp³-hybridized carbons (Fsp3) is 0.0714. The molecule has 0 radical (unpaired) electrons. The number of rotatable bonds is 5. The monoisotopic (exact) mass is 509 g/mol. The number of nitrogens with zero attached hydrogens (tertiary/aromatic N) is 5. The van der Waals surface area contributed by atoms with Gasteiger partial charge in [0, 0.05) is 13.3 Å². The third kappa shape index (κ3) is 4.15. The van der Waals surface area contributed by atoms with E-state index in [1.165, 1.54) is 20.0 Å². The number of hydrogen-bond donors (Lipinski definition) is 1. The van der Waals surface area contributed by atoms with Crippen LogP contribution >= 0.6 is 12.2 Å². The van der Waals surface area contributed by atoms with Crippen molar-refractivity contribution in [2.24, 2.45) is 12.0 Å². The normalized spacial score (nSPS) is 11.3. The minimum absolute atomic E-state index is 0.0966. The van der Waals surface area contributed by atoms with Crippen molar-refractivity contribution < 1.29 is 5.11 Å². The topological polar surface area (TPSA) is 86.5 Å². The van der Waals surface area contributed by atoms with E-state index in [1.807, 2.05) is 54.6 Å². The van der Waals surface area contributed by atoms with E-state index in [2.05, 4.69) is 4.99 Å². The Morgan fingerprint density at radius 1 is 0.757 bits per heavy atom. The molecule has 0 bridgehead atoms. The zero-order chi connectivity index (χ0) is 26.1. The first-order chi connectivity index (χ1) is 17.9. The summed E-state index contributed by atoms with van der Waals surface area (Å²) in [6.07, 6.45) is 1.23. The Morgan fingerprint density at radius 2 is 1.24 bits per heavy atom. The molecule has 0 aliphatic rings. The second kappa shape index (κ2) is 9.71. The van der Waals surface area contributed by atoms with E-state index >= 15 is 0 Å². The zero-order valence-corrected chi connectivity index (χ0v) is 21.0. The number of aromatic hydroxyl groups is 1. The third-order valence-electron chi connectivity index (χ3n) is 6.14. The lowest BCUT2D eigenvalue weighted by atomic mass is 10.2. The molecule has 0 saturated heterocycles. The average Bonchev–Trinajstić information content (AvgIpc) is 3.13. The van der Waals surface area contributed by atoms with Gasteiger partial charge in [0.1, 0.15) is 5.56 Å². The fourth-order valence-electron chi connectivity index (χ4n) is 4.17. The molecule has 0 atom stereocenters. The zero-order valence-electron chi connectivity index (χ0n) is 20.1. The molecule has 184 valence electrons. The van der Waals surface area contributed by atoms with Gasteiger partial charge in [0.2, 0.25) is 5.88 Å². The Hall–Kier alpha value is -4.76. The van der Waals surface area contributed by atoms with Crippen molar-refractivity contribution in [1.82, 2.24) is 18.5 Å². The Morgan fingerprint density at radius 3 is 1.78 bits per heavy atom. The van der Waals surface area contributed by atoms with E-state index in [9.17, 15) is 14.7 Å². The molecule has 0 fully saturated rings. The number of aromatic nitrogens is 4. The van der Waals surface area contributed by atoms with Crippen LogP contribution in [-0.4, -0.2) is 29.8 Å². The molecule has 0 amide bonds. The van der Waals surface area contributed by atoms with Crippen LogP contribution in [0.1, 0.15) is 11.3 Å². The number of benzene rings is 3. The maximum absolute atomic E-state index is 13.6. The standard InChI is InChI=1S/C28H23N5O3S/c1-19-24(27(36)33(30(19)2)22-16-10-5-11-17-22)29-18-23-25(34)31(20-12-6-3-7-13-20)28(37)32(26(23)35)21-14-8-4-9-15-21/h3-18,34H,1-2H3. The highest BCUT2D eigenvalue weighted by Crippen LogP contribution is 2.23. The molecule has 9 heteroatoms. The van der Waals surface area contributed by atoms with E-state index in [4.69, 9.17) is 12.2 Å². The van der Waals surface area contributed by atoms with Crippen LogP contribution in [0.5, 0.6) is 5.88 Å². The Bertz CT molecular complexity index is 1800. The van der Waals surface area contributed by atoms with Crippen molar-refractivity contribution in [1.29, 1.82) is 0 Å². The maximum atomic E-state index is 13.6. The van der Waals surface area contributed by atoms with Gasteiger partial charge in [-0.05, 0) is 55.5 Å². The summed E-state index contributed by atoms with van der Waals surface area (Å²) in [4.78, 5) is 31.3. The van der Waals surface area contributed by atoms with Gasteiger partial charge >= 0.3 is 0 Å². The SMILES string of the molecule is Cc1c(N=Cc2c(O)n(-c3ccccc3)c(=S)n(-c3ccccc3)c2=O)c(=O)n(-c2ccccc2)n1C. The summed E-state index contributed by atoms with van der Waals surface area (Å²) < 4.78 is 6.04. The first kappa shape index (κ1) is 24.0. The molecule has 0 aliphatic heterocycles. The lowest BCUT2D eigenvalue weighted by Crippen LogP contribution is -2.27. The largest absolute Gasteiger partial charge is 0.494 e. The van der Waals surface area contributed by atoms with Gasteiger partial charge in [-0.3, -0.25) is 23.4 Å². The summed E-state index contributed by atoms with van der Waals surface area (Å²) in [5.74, 6) is -0.367. The first-order valence-electron chi connectivity index (χ1n) is 11.5. The smallest absolute Gasteiger partial charge is 0.297 e. The summed E-state index contributed by atoms with van der Waals surface area (Å²) in [5, 5.41) is 11.2. The molecule has 37 heavy (non-hydrogen) atoms. The summed E-state index contributed by atoms with van der Waals surface area (Å²) >= 11 is 5.65. The van der Waals surface area contributed by atoms with Crippen LogP contribution in [0.15, 0.2) is 106 Å². The summed E-state index contributed by atoms with van der Waals surface area (Å²) in [6.45, 7) is 1.77. The van der Waals surface area contributed by atoms with E-state index in [1.54, 1.807) is 55.1 Å². The molecular weight excluding hydrogens is 486 g/mol. The molecule has 0 spiro atoms. The molecule has 0 aliphatic carbocycles. The Labute approximate surface area is 217 Å². The summed E-state index contributed by atoms with van der Waals surface area (Å²) in [7, 11) is 1.76. The molecule has 2 aromatic heterocycles. The maximum Gasteiger partial charge on any atom is 0.297 e. The van der Waals surface area contributed by atoms with Gasteiger partial charge in [-0.25, -0.2) is 9.67 Å². The molecular formula is C28H23N5O3S.